The van der Waals surface area contributed by atoms with Crippen LogP contribution in [-0.2, 0) is 19.2 Å². The highest BCUT2D eigenvalue weighted by molar-refractivity contribution is 7.98. The number of thioether (sulfide) groups is 1. The Morgan fingerprint density at radius 2 is 1.41 bits per heavy atom. The Hall–Kier alpha value is -2.62. The Morgan fingerprint density at radius 3 is 1.77 bits per heavy atom. The lowest BCUT2D eigenvalue weighted by atomic mass is 9.99. The van der Waals surface area contributed by atoms with Gasteiger partial charge < -0.3 is 20.4 Å². The smallest absolute Gasteiger partial charge is 0.324 e. The third kappa shape index (κ3) is 3.52. The highest BCUT2D eigenvalue weighted by Crippen LogP contribution is 2.29. The van der Waals surface area contributed by atoms with E-state index in [1.165, 1.54) is 6.26 Å². The van der Waals surface area contributed by atoms with E-state index in [4.69, 9.17) is 20.4 Å². The number of carboxylic acid groups (broad SMARTS) is 4. The van der Waals surface area contributed by atoms with Crippen LogP contribution in [-0.4, -0.2) is 55.5 Å². The third-order valence-corrected chi connectivity index (χ3v) is 3.48. The molecule has 0 radical (unpaired) electrons. The van der Waals surface area contributed by atoms with Crippen molar-refractivity contribution in [3.63, 3.8) is 0 Å². The van der Waals surface area contributed by atoms with Gasteiger partial charge >= 0.3 is 23.9 Å². The maximum atomic E-state index is 11.0. The minimum absolute atomic E-state index is 0.0831. The number of carboxylic acids is 4. The number of aromatic nitrogens is 1. The summed E-state index contributed by atoms with van der Waals surface area (Å²) in [5.74, 6) is -10.3. The summed E-state index contributed by atoms with van der Waals surface area (Å²) in [6.45, 7) is 0. The standard InChI is InChI=1S/C12H11NO8S/c1-22-5-2-4(6(9(14)15)10(16)17)3-13-8(5)7(11(18)19)12(20)21/h2-3,6-7H,1H3,(H,14,15)(H,16,17)(H,18,19)(H,20,21). The first-order valence-electron chi connectivity index (χ1n) is 5.65. The Morgan fingerprint density at radius 1 is 0.955 bits per heavy atom. The van der Waals surface area contributed by atoms with Gasteiger partial charge in [-0.1, -0.05) is 0 Å². The Kier molecular flexibility index (Phi) is 5.46. The second-order valence-corrected chi connectivity index (χ2v) is 4.92. The molecule has 1 heterocycles. The fourth-order valence-corrected chi connectivity index (χ4v) is 2.37. The van der Waals surface area contributed by atoms with Gasteiger partial charge in [-0.2, -0.15) is 0 Å². The second kappa shape index (κ2) is 6.89. The van der Waals surface area contributed by atoms with Gasteiger partial charge in [0.2, 0.25) is 0 Å². The quantitative estimate of drug-likeness (QED) is 0.404. The van der Waals surface area contributed by atoms with Crippen molar-refractivity contribution in [2.45, 2.75) is 16.7 Å². The maximum Gasteiger partial charge on any atom is 0.324 e. The van der Waals surface area contributed by atoms with Crippen LogP contribution in [0.2, 0.25) is 0 Å². The van der Waals surface area contributed by atoms with E-state index in [9.17, 15) is 19.2 Å². The molecule has 10 heteroatoms. The number of hydrogen-bond acceptors (Lipinski definition) is 6. The van der Waals surface area contributed by atoms with Gasteiger partial charge in [0.1, 0.15) is 0 Å². The van der Waals surface area contributed by atoms with E-state index in [2.05, 4.69) is 4.98 Å². The molecule has 0 atom stereocenters. The lowest BCUT2D eigenvalue weighted by Gasteiger charge is -2.14. The molecule has 0 fully saturated rings. The third-order valence-electron chi connectivity index (χ3n) is 2.72. The Balaban J connectivity index is 3.43. The van der Waals surface area contributed by atoms with Gasteiger partial charge in [0.15, 0.2) is 11.8 Å². The molecule has 1 rings (SSSR count). The molecule has 0 saturated heterocycles. The van der Waals surface area contributed by atoms with E-state index in [1.807, 2.05) is 0 Å². The summed E-state index contributed by atoms with van der Waals surface area (Å²) in [4.78, 5) is 47.8. The zero-order valence-electron chi connectivity index (χ0n) is 11.1. The van der Waals surface area contributed by atoms with Gasteiger partial charge in [-0.3, -0.25) is 24.2 Å². The van der Waals surface area contributed by atoms with E-state index >= 15 is 0 Å². The van der Waals surface area contributed by atoms with Crippen LogP contribution in [0.4, 0.5) is 0 Å². The molecular weight excluding hydrogens is 318 g/mol. The summed E-state index contributed by atoms with van der Waals surface area (Å²) in [6.07, 6.45) is 2.36. The Labute approximate surface area is 127 Å². The predicted octanol–water partition coefficient (Wildman–Crippen LogP) is 0.309. The van der Waals surface area contributed by atoms with E-state index in [0.29, 0.717) is 0 Å². The zero-order chi connectivity index (χ0) is 17.0. The van der Waals surface area contributed by atoms with Gasteiger partial charge in [-0.05, 0) is 17.9 Å². The molecule has 22 heavy (non-hydrogen) atoms. The van der Waals surface area contributed by atoms with Crippen LogP contribution in [0, 0.1) is 0 Å². The predicted molar refractivity (Wildman–Crippen MR) is 72.0 cm³/mol. The fraction of sp³-hybridized carbons (Fsp3) is 0.250. The Bertz CT molecular complexity index is 616. The summed E-state index contributed by atoms with van der Waals surface area (Å²) in [5, 5.41) is 35.7. The largest absolute Gasteiger partial charge is 0.480 e. The summed E-state index contributed by atoms with van der Waals surface area (Å²) in [6, 6.07) is 1.12. The number of pyridine rings is 1. The second-order valence-electron chi connectivity index (χ2n) is 4.08. The molecule has 0 saturated carbocycles. The van der Waals surface area contributed by atoms with Crippen molar-refractivity contribution in [1.29, 1.82) is 0 Å². The van der Waals surface area contributed by atoms with Crippen LogP contribution < -0.4 is 0 Å². The van der Waals surface area contributed by atoms with Gasteiger partial charge in [0.05, 0.1) is 5.69 Å². The monoisotopic (exact) mass is 329 g/mol. The first-order valence-corrected chi connectivity index (χ1v) is 6.88. The van der Waals surface area contributed by atoms with Crippen LogP contribution in [0.5, 0.6) is 0 Å². The molecule has 0 aliphatic heterocycles. The topological polar surface area (TPSA) is 162 Å². The van der Waals surface area contributed by atoms with Crippen LogP contribution in [0.3, 0.4) is 0 Å². The molecule has 0 aliphatic carbocycles. The SMILES string of the molecule is CSc1cc(C(C(=O)O)C(=O)O)cnc1C(C(=O)O)C(=O)O. The van der Waals surface area contributed by atoms with E-state index in [-0.39, 0.29) is 16.2 Å². The lowest BCUT2D eigenvalue weighted by Crippen LogP contribution is -2.24. The minimum Gasteiger partial charge on any atom is -0.480 e. The van der Waals surface area contributed by atoms with E-state index < -0.39 is 35.7 Å². The normalized spacial score (nSPS) is 10.7. The van der Waals surface area contributed by atoms with Crippen LogP contribution in [0.25, 0.3) is 0 Å². The lowest BCUT2D eigenvalue weighted by molar-refractivity contribution is -0.152. The van der Waals surface area contributed by atoms with Crippen LogP contribution in [0.1, 0.15) is 23.1 Å². The maximum absolute atomic E-state index is 11.0. The molecule has 1 aromatic rings. The van der Waals surface area contributed by atoms with Crippen molar-refractivity contribution in [1.82, 2.24) is 4.98 Å². The number of rotatable bonds is 7. The molecule has 0 aliphatic rings. The number of carbonyl (C=O) groups is 4. The minimum atomic E-state index is -1.93. The zero-order valence-corrected chi connectivity index (χ0v) is 11.9. The number of aliphatic carboxylic acids is 4. The molecule has 0 amide bonds. The average molecular weight is 329 g/mol. The van der Waals surface area contributed by atoms with Gasteiger partial charge in [-0.15, -0.1) is 11.8 Å². The van der Waals surface area contributed by atoms with E-state index in [1.54, 1.807) is 0 Å². The van der Waals surface area contributed by atoms with Crippen LogP contribution >= 0.6 is 11.8 Å². The van der Waals surface area contributed by atoms with Gasteiger partial charge in [-0.25, -0.2) is 0 Å². The van der Waals surface area contributed by atoms with Crippen molar-refractivity contribution in [3.05, 3.63) is 23.5 Å². The van der Waals surface area contributed by atoms with Gasteiger partial charge in [0, 0.05) is 11.1 Å². The molecule has 0 unspecified atom stereocenters. The van der Waals surface area contributed by atoms with Gasteiger partial charge in [0.25, 0.3) is 0 Å². The molecule has 9 nitrogen and oxygen atoms in total. The first-order chi connectivity index (χ1) is 10.2. The highest BCUT2D eigenvalue weighted by Gasteiger charge is 2.34. The van der Waals surface area contributed by atoms with Crippen molar-refractivity contribution in [3.8, 4) is 0 Å². The van der Waals surface area contributed by atoms with E-state index in [0.717, 1.165) is 24.0 Å². The molecule has 0 bridgehead atoms. The van der Waals surface area contributed by atoms with Crippen LogP contribution in [0.15, 0.2) is 17.2 Å². The number of nitrogens with zero attached hydrogens (tertiary/aromatic N) is 1. The molecular formula is C12H11NO8S. The number of hydrogen-bond donors (Lipinski definition) is 4. The fourth-order valence-electron chi connectivity index (χ4n) is 1.74. The average Bonchev–Trinajstić information content (AvgIpc) is 2.38. The summed E-state index contributed by atoms with van der Waals surface area (Å²) in [7, 11) is 0. The van der Waals surface area contributed by atoms with Crippen molar-refractivity contribution >= 4 is 35.6 Å². The molecule has 0 aromatic carbocycles. The van der Waals surface area contributed by atoms with Crippen molar-refractivity contribution in [2.24, 2.45) is 0 Å². The van der Waals surface area contributed by atoms with Crippen molar-refractivity contribution < 1.29 is 39.6 Å². The first kappa shape index (κ1) is 17.4. The van der Waals surface area contributed by atoms with Crippen molar-refractivity contribution in [2.75, 3.05) is 6.26 Å². The summed E-state index contributed by atoms with van der Waals surface area (Å²) >= 11 is 0.939. The summed E-state index contributed by atoms with van der Waals surface area (Å²) in [5.41, 5.74) is -0.464. The molecule has 4 N–H and O–H groups in total. The molecule has 0 spiro atoms. The highest BCUT2D eigenvalue weighted by atomic mass is 32.2. The molecule has 1 aromatic heterocycles. The molecule has 118 valence electrons. The summed E-state index contributed by atoms with van der Waals surface area (Å²) < 4.78 is 0.